The number of aromatic amines is 1. The fourth-order valence-electron chi connectivity index (χ4n) is 2.01. The van der Waals surface area contributed by atoms with E-state index >= 15 is 0 Å². The van der Waals surface area contributed by atoms with Crippen molar-refractivity contribution in [2.45, 2.75) is 38.8 Å². The Bertz CT molecular complexity index is 265. The van der Waals surface area contributed by atoms with Crippen LogP contribution >= 0.6 is 0 Å². The second-order valence-corrected chi connectivity index (χ2v) is 3.61. The van der Waals surface area contributed by atoms with E-state index in [1.54, 1.807) is 0 Å². The molecule has 2 rings (SSSR count). The summed E-state index contributed by atoms with van der Waals surface area (Å²) in [6.45, 7) is 4.47. The van der Waals surface area contributed by atoms with Crippen LogP contribution < -0.4 is 5.32 Å². The van der Waals surface area contributed by atoms with E-state index < -0.39 is 0 Å². The van der Waals surface area contributed by atoms with Crippen molar-refractivity contribution in [3.8, 4) is 0 Å². The van der Waals surface area contributed by atoms with Gasteiger partial charge < -0.3 is 10.3 Å². The molecule has 0 radical (unpaired) electrons. The second kappa shape index (κ2) is 2.94. The summed E-state index contributed by atoms with van der Waals surface area (Å²) in [6, 6.07) is 3.36. The topological polar surface area (TPSA) is 27.8 Å². The molecular formula is C10H16N2. The average Bonchev–Trinajstić information content (AvgIpc) is 2.52. The van der Waals surface area contributed by atoms with Crippen molar-refractivity contribution >= 4 is 0 Å². The van der Waals surface area contributed by atoms with E-state index in [0.717, 1.165) is 6.42 Å². The van der Waals surface area contributed by atoms with Gasteiger partial charge in [0.15, 0.2) is 0 Å². The minimum absolute atomic E-state index is 0.518. The van der Waals surface area contributed by atoms with Gasteiger partial charge in [0, 0.05) is 30.4 Å². The number of hydrogen-bond donors (Lipinski definition) is 2. The molecule has 2 atom stereocenters. The highest BCUT2D eigenvalue weighted by Crippen LogP contribution is 2.24. The minimum atomic E-state index is 0.518. The lowest BCUT2D eigenvalue weighted by atomic mass is 9.96. The molecule has 2 heteroatoms. The first-order valence-electron chi connectivity index (χ1n) is 4.73. The highest BCUT2D eigenvalue weighted by molar-refractivity contribution is 5.27. The lowest BCUT2D eigenvalue weighted by Gasteiger charge is -2.28. The van der Waals surface area contributed by atoms with Gasteiger partial charge in [-0.1, -0.05) is 6.92 Å². The van der Waals surface area contributed by atoms with Crippen LogP contribution in [-0.2, 0) is 6.42 Å². The molecule has 1 aliphatic heterocycles. The van der Waals surface area contributed by atoms with E-state index in [1.807, 2.05) is 6.20 Å². The first-order chi connectivity index (χ1) is 5.81. The Labute approximate surface area is 73.4 Å². The largest absolute Gasteiger partial charge is 0.365 e. The lowest BCUT2D eigenvalue weighted by molar-refractivity contribution is 0.409. The molecule has 1 aromatic rings. The molecule has 2 nitrogen and oxygen atoms in total. The van der Waals surface area contributed by atoms with Gasteiger partial charge in [0.05, 0.1) is 0 Å². The van der Waals surface area contributed by atoms with Gasteiger partial charge in [0.1, 0.15) is 0 Å². The maximum Gasteiger partial charge on any atom is 0.0312 e. The first-order valence-corrected chi connectivity index (χ1v) is 4.73. The Hall–Kier alpha value is -0.760. The highest BCUT2D eigenvalue weighted by Gasteiger charge is 2.22. The monoisotopic (exact) mass is 164 g/mol. The molecular weight excluding hydrogens is 148 g/mol. The minimum Gasteiger partial charge on any atom is -0.365 e. The molecule has 66 valence electrons. The molecule has 0 unspecified atom stereocenters. The van der Waals surface area contributed by atoms with Crippen LogP contribution in [0.1, 0.15) is 37.6 Å². The normalized spacial score (nSPS) is 28.5. The van der Waals surface area contributed by atoms with Gasteiger partial charge in [0.2, 0.25) is 0 Å². The number of H-pyrrole nitrogens is 1. The van der Waals surface area contributed by atoms with Crippen LogP contribution in [0.3, 0.4) is 0 Å². The van der Waals surface area contributed by atoms with E-state index in [-0.39, 0.29) is 0 Å². The summed E-state index contributed by atoms with van der Waals surface area (Å²) in [4.78, 5) is 3.31. The molecule has 2 N–H and O–H groups in total. The van der Waals surface area contributed by atoms with Gasteiger partial charge in [-0.05, 0) is 25.0 Å². The zero-order valence-corrected chi connectivity index (χ0v) is 7.72. The number of rotatable bonds is 1. The van der Waals surface area contributed by atoms with Gasteiger partial charge in [-0.2, -0.15) is 0 Å². The van der Waals surface area contributed by atoms with Crippen molar-refractivity contribution in [1.29, 1.82) is 0 Å². The molecule has 0 spiro atoms. The maximum atomic E-state index is 3.59. The van der Waals surface area contributed by atoms with Crippen LogP contribution in [0.5, 0.6) is 0 Å². The van der Waals surface area contributed by atoms with Crippen LogP contribution in [0.4, 0.5) is 0 Å². The van der Waals surface area contributed by atoms with Crippen molar-refractivity contribution in [3.05, 3.63) is 23.5 Å². The van der Waals surface area contributed by atoms with E-state index in [0.29, 0.717) is 12.1 Å². The predicted molar refractivity (Wildman–Crippen MR) is 50.1 cm³/mol. The Balaban J connectivity index is 2.26. The molecule has 0 aromatic carbocycles. The Morgan fingerprint density at radius 3 is 3.17 bits per heavy atom. The van der Waals surface area contributed by atoms with Crippen LogP contribution in [-0.4, -0.2) is 11.0 Å². The molecule has 2 heterocycles. The van der Waals surface area contributed by atoms with Gasteiger partial charge in [-0.3, -0.25) is 0 Å². The number of hydrogen-bond acceptors (Lipinski definition) is 1. The average molecular weight is 164 g/mol. The van der Waals surface area contributed by atoms with Crippen molar-refractivity contribution in [2.24, 2.45) is 0 Å². The standard InChI is InChI=1S/C10H16N2/c1-3-8-6-10-9(4-5-11-10)7(2)12-8/h4-5,7-8,11-12H,3,6H2,1-2H3/t7-,8+/m1/s1. The van der Waals surface area contributed by atoms with Crippen LogP contribution in [0, 0.1) is 0 Å². The number of fused-ring (bicyclic) bond motifs is 1. The fraction of sp³-hybridized carbons (Fsp3) is 0.600. The van der Waals surface area contributed by atoms with Crippen molar-refractivity contribution in [2.75, 3.05) is 0 Å². The van der Waals surface area contributed by atoms with E-state index in [2.05, 4.69) is 30.2 Å². The van der Waals surface area contributed by atoms with Gasteiger partial charge in [-0.25, -0.2) is 0 Å². The van der Waals surface area contributed by atoms with Crippen LogP contribution in [0.15, 0.2) is 12.3 Å². The quantitative estimate of drug-likeness (QED) is 0.652. The number of nitrogens with one attached hydrogen (secondary N) is 2. The van der Waals surface area contributed by atoms with E-state index in [9.17, 15) is 0 Å². The van der Waals surface area contributed by atoms with E-state index in [1.165, 1.54) is 17.7 Å². The maximum absolute atomic E-state index is 3.59. The third-order valence-electron chi connectivity index (χ3n) is 2.76. The lowest BCUT2D eigenvalue weighted by Crippen LogP contribution is -2.37. The molecule has 0 aliphatic carbocycles. The smallest absolute Gasteiger partial charge is 0.0312 e. The fourth-order valence-corrected chi connectivity index (χ4v) is 2.01. The first kappa shape index (κ1) is 7.87. The summed E-state index contributed by atoms with van der Waals surface area (Å²) in [5, 5.41) is 3.59. The zero-order valence-electron chi connectivity index (χ0n) is 7.72. The van der Waals surface area contributed by atoms with Crippen molar-refractivity contribution in [1.82, 2.24) is 10.3 Å². The number of aromatic nitrogens is 1. The third-order valence-corrected chi connectivity index (χ3v) is 2.76. The third kappa shape index (κ3) is 1.16. The predicted octanol–water partition coefficient (Wildman–Crippen LogP) is 2.00. The molecule has 0 amide bonds. The van der Waals surface area contributed by atoms with Crippen LogP contribution in [0.2, 0.25) is 0 Å². The molecule has 0 saturated carbocycles. The summed E-state index contributed by atoms with van der Waals surface area (Å²) in [7, 11) is 0. The molecule has 0 bridgehead atoms. The summed E-state index contributed by atoms with van der Waals surface area (Å²) in [6.07, 6.45) is 4.41. The Morgan fingerprint density at radius 2 is 2.42 bits per heavy atom. The van der Waals surface area contributed by atoms with Crippen molar-refractivity contribution in [3.63, 3.8) is 0 Å². The molecule has 1 aromatic heterocycles. The summed E-state index contributed by atoms with van der Waals surface area (Å²) in [5.41, 5.74) is 2.87. The zero-order chi connectivity index (χ0) is 8.55. The highest BCUT2D eigenvalue weighted by atomic mass is 15.0. The van der Waals surface area contributed by atoms with Gasteiger partial charge >= 0.3 is 0 Å². The van der Waals surface area contributed by atoms with E-state index in [4.69, 9.17) is 0 Å². The van der Waals surface area contributed by atoms with Gasteiger partial charge in [0.25, 0.3) is 0 Å². The summed E-state index contributed by atoms with van der Waals surface area (Å²) < 4.78 is 0. The van der Waals surface area contributed by atoms with Gasteiger partial charge in [-0.15, -0.1) is 0 Å². The SMILES string of the molecule is CC[C@H]1Cc2[nH]ccc2[C@@H](C)N1. The van der Waals surface area contributed by atoms with Crippen molar-refractivity contribution < 1.29 is 0 Å². The Morgan fingerprint density at radius 1 is 1.58 bits per heavy atom. The summed E-state index contributed by atoms with van der Waals surface area (Å²) >= 11 is 0. The second-order valence-electron chi connectivity index (χ2n) is 3.61. The Kier molecular flexibility index (Phi) is 1.93. The molecule has 0 fully saturated rings. The van der Waals surface area contributed by atoms with Crippen LogP contribution in [0.25, 0.3) is 0 Å². The molecule has 0 saturated heterocycles. The molecule has 1 aliphatic rings. The molecule has 12 heavy (non-hydrogen) atoms. The summed E-state index contributed by atoms with van der Waals surface area (Å²) in [5.74, 6) is 0.